The topological polar surface area (TPSA) is 74.8 Å². The number of aromatic nitrogens is 2. The Balaban J connectivity index is 1.67. The van der Waals surface area contributed by atoms with E-state index in [-0.39, 0.29) is 23.7 Å². The first kappa shape index (κ1) is 18.4. The number of benzene rings is 2. The number of nitrogens with one attached hydrogen (secondary N) is 2. The Hall–Kier alpha value is -2.93. The molecule has 0 saturated carbocycles. The summed E-state index contributed by atoms with van der Waals surface area (Å²) in [6, 6.07) is 14.0. The van der Waals surface area contributed by atoms with Gasteiger partial charge in [-0.05, 0) is 35.7 Å². The van der Waals surface area contributed by atoms with Crippen LogP contribution in [0, 0.1) is 12.7 Å². The highest BCUT2D eigenvalue weighted by molar-refractivity contribution is 7.98. The molecule has 142 valence electrons. The smallest absolute Gasteiger partial charge is 0.257 e. The molecule has 0 aliphatic carbocycles. The second kappa shape index (κ2) is 7.59. The molecule has 1 aliphatic heterocycles. The van der Waals surface area contributed by atoms with Crippen LogP contribution in [0.3, 0.4) is 0 Å². The fourth-order valence-electron chi connectivity index (χ4n) is 3.35. The number of aromatic amines is 1. The van der Waals surface area contributed by atoms with E-state index >= 15 is 0 Å². The number of hydrogen-bond acceptors (Lipinski definition) is 4. The van der Waals surface area contributed by atoms with Gasteiger partial charge in [0, 0.05) is 18.1 Å². The fourth-order valence-corrected chi connectivity index (χ4v) is 4.28. The number of fused-ring (bicyclic) bond motifs is 1. The van der Waals surface area contributed by atoms with E-state index in [0.29, 0.717) is 22.0 Å². The van der Waals surface area contributed by atoms with Crippen LogP contribution < -0.4 is 10.9 Å². The Labute approximate surface area is 165 Å². The summed E-state index contributed by atoms with van der Waals surface area (Å²) in [6.45, 7) is 2.03. The van der Waals surface area contributed by atoms with Gasteiger partial charge in [-0.2, -0.15) is 0 Å². The molecule has 3 aromatic rings. The van der Waals surface area contributed by atoms with Crippen LogP contribution in [0.15, 0.2) is 58.5 Å². The zero-order valence-electron chi connectivity index (χ0n) is 15.2. The van der Waals surface area contributed by atoms with Gasteiger partial charge < -0.3 is 10.3 Å². The molecule has 7 heteroatoms. The zero-order chi connectivity index (χ0) is 19.7. The van der Waals surface area contributed by atoms with Gasteiger partial charge in [-0.25, -0.2) is 9.37 Å². The van der Waals surface area contributed by atoms with Gasteiger partial charge in [0.15, 0.2) is 5.16 Å². The highest BCUT2D eigenvalue weighted by atomic mass is 32.2. The largest absolute Gasteiger partial charge is 0.310 e. The lowest BCUT2D eigenvalue weighted by atomic mass is 9.87. The second-order valence-corrected chi connectivity index (χ2v) is 7.67. The number of carbonyl (C=O) groups is 1. The molecule has 2 N–H and O–H groups in total. The lowest BCUT2D eigenvalue weighted by molar-refractivity contribution is -0.116. The zero-order valence-corrected chi connectivity index (χ0v) is 16.0. The van der Waals surface area contributed by atoms with Crippen molar-refractivity contribution in [2.75, 3.05) is 5.32 Å². The standard InChI is InChI=1S/C21H18FN3O2S/c1-12-5-2-3-6-14(12)11-28-21-24-19-18(20(27)25-21)16(10-17(26)23-19)13-7-4-8-15(22)9-13/h2-9,16H,10-11H2,1H3,(H2,23,24,25,26,27). The number of thioether (sulfide) groups is 1. The molecule has 2 aromatic carbocycles. The molecule has 1 amide bonds. The minimum Gasteiger partial charge on any atom is -0.310 e. The molecule has 1 unspecified atom stereocenters. The third kappa shape index (κ3) is 3.71. The van der Waals surface area contributed by atoms with Gasteiger partial charge in [-0.3, -0.25) is 9.59 Å². The fraction of sp³-hybridized carbons (Fsp3) is 0.190. The van der Waals surface area contributed by atoms with Gasteiger partial charge in [0.1, 0.15) is 11.6 Å². The first-order chi connectivity index (χ1) is 13.5. The molecule has 4 rings (SSSR count). The summed E-state index contributed by atoms with van der Waals surface area (Å²) < 4.78 is 13.6. The molecule has 0 radical (unpaired) electrons. The van der Waals surface area contributed by atoms with Crippen molar-refractivity contribution in [3.05, 3.63) is 87.0 Å². The number of anilines is 1. The van der Waals surface area contributed by atoms with Crippen LogP contribution in [-0.4, -0.2) is 15.9 Å². The van der Waals surface area contributed by atoms with E-state index in [1.54, 1.807) is 12.1 Å². The average molecular weight is 395 g/mol. The highest BCUT2D eigenvalue weighted by Crippen LogP contribution is 2.35. The average Bonchev–Trinajstić information content (AvgIpc) is 2.66. The summed E-state index contributed by atoms with van der Waals surface area (Å²) in [4.78, 5) is 32.2. The summed E-state index contributed by atoms with van der Waals surface area (Å²) in [7, 11) is 0. The molecule has 0 saturated heterocycles. The van der Waals surface area contributed by atoms with Gasteiger partial charge in [0.05, 0.1) is 5.56 Å². The number of aryl methyl sites for hydroxylation is 1. The van der Waals surface area contributed by atoms with Crippen LogP contribution in [0.25, 0.3) is 0 Å². The minimum absolute atomic E-state index is 0.0803. The maximum atomic E-state index is 13.6. The van der Waals surface area contributed by atoms with Crippen LogP contribution in [0.2, 0.25) is 0 Å². The van der Waals surface area contributed by atoms with E-state index in [1.165, 1.54) is 23.9 Å². The minimum atomic E-state index is -0.522. The lowest BCUT2D eigenvalue weighted by Gasteiger charge is -2.24. The highest BCUT2D eigenvalue weighted by Gasteiger charge is 2.31. The number of H-pyrrole nitrogens is 1. The number of rotatable bonds is 4. The molecule has 5 nitrogen and oxygen atoms in total. The summed E-state index contributed by atoms with van der Waals surface area (Å²) >= 11 is 1.40. The molecule has 0 bridgehead atoms. The molecular formula is C21H18FN3O2S. The quantitative estimate of drug-likeness (QED) is 0.518. The van der Waals surface area contributed by atoms with E-state index in [0.717, 1.165) is 11.1 Å². The third-order valence-corrected chi connectivity index (χ3v) is 5.73. The normalized spacial score (nSPS) is 15.8. The molecule has 28 heavy (non-hydrogen) atoms. The Kier molecular flexibility index (Phi) is 5.00. The Morgan fingerprint density at radius 2 is 2.00 bits per heavy atom. The van der Waals surface area contributed by atoms with E-state index in [2.05, 4.69) is 15.3 Å². The van der Waals surface area contributed by atoms with E-state index in [1.807, 2.05) is 31.2 Å². The van der Waals surface area contributed by atoms with Crippen LogP contribution in [0.1, 0.15) is 34.6 Å². The van der Waals surface area contributed by atoms with Gasteiger partial charge in [0.2, 0.25) is 5.91 Å². The number of carbonyl (C=O) groups excluding carboxylic acids is 1. The predicted molar refractivity (Wildman–Crippen MR) is 107 cm³/mol. The van der Waals surface area contributed by atoms with Crippen molar-refractivity contribution in [1.82, 2.24) is 9.97 Å². The lowest BCUT2D eigenvalue weighted by Crippen LogP contribution is -2.31. The van der Waals surface area contributed by atoms with Crippen molar-refractivity contribution in [2.45, 2.75) is 30.2 Å². The molecule has 1 atom stereocenters. The molecule has 0 fully saturated rings. The van der Waals surface area contributed by atoms with Gasteiger partial charge >= 0.3 is 0 Å². The van der Waals surface area contributed by atoms with Gasteiger partial charge in [0.25, 0.3) is 5.56 Å². The first-order valence-electron chi connectivity index (χ1n) is 8.88. The van der Waals surface area contributed by atoms with Crippen LogP contribution in [0.4, 0.5) is 10.2 Å². The van der Waals surface area contributed by atoms with Gasteiger partial charge in [-0.1, -0.05) is 48.2 Å². The number of nitrogens with zero attached hydrogens (tertiary/aromatic N) is 1. The van der Waals surface area contributed by atoms with Crippen molar-refractivity contribution in [2.24, 2.45) is 0 Å². The summed E-state index contributed by atoms with van der Waals surface area (Å²) in [5.41, 5.74) is 2.95. The molecule has 1 aromatic heterocycles. The van der Waals surface area contributed by atoms with Crippen LogP contribution >= 0.6 is 11.8 Å². The second-order valence-electron chi connectivity index (χ2n) is 6.71. The Morgan fingerprint density at radius 1 is 1.18 bits per heavy atom. The number of hydrogen-bond donors (Lipinski definition) is 2. The summed E-state index contributed by atoms with van der Waals surface area (Å²) in [5.74, 6) is -0.266. The summed E-state index contributed by atoms with van der Waals surface area (Å²) in [6.07, 6.45) is 0.0803. The van der Waals surface area contributed by atoms with Crippen molar-refractivity contribution in [3.63, 3.8) is 0 Å². The predicted octanol–water partition coefficient (Wildman–Crippen LogP) is 3.98. The van der Waals surface area contributed by atoms with E-state index in [4.69, 9.17) is 0 Å². The summed E-state index contributed by atoms with van der Waals surface area (Å²) in [5, 5.41) is 3.13. The molecule has 2 heterocycles. The molecule has 1 aliphatic rings. The van der Waals surface area contributed by atoms with Crippen LogP contribution in [-0.2, 0) is 10.5 Å². The maximum absolute atomic E-state index is 13.6. The first-order valence-corrected chi connectivity index (χ1v) is 9.86. The molecule has 0 spiro atoms. The van der Waals surface area contributed by atoms with E-state index in [9.17, 15) is 14.0 Å². The Bertz CT molecular complexity index is 1110. The van der Waals surface area contributed by atoms with Crippen molar-refractivity contribution >= 4 is 23.5 Å². The SMILES string of the molecule is Cc1ccccc1CSc1nc2c(c(=O)[nH]1)C(c1cccc(F)c1)CC(=O)N2. The third-order valence-electron chi connectivity index (χ3n) is 4.81. The number of halogens is 1. The van der Waals surface area contributed by atoms with Gasteiger partial charge in [-0.15, -0.1) is 0 Å². The van der Waals surface area contributed by atoms with Crippen LogP contribution in [0.5, 0.6) is 0 Å². The maximum Gasteiger partial charge on any atom is 0.257 e. The van der Waals surface area contributed by atoms with E-state index < -0.39 is 11.7 Å². The number of amides is 1. The monoisotopic (exact) mass is 395 g/mol. The molecular weight excluding hydrogens is 377 g/mol. The Morgan fingerprint density at radius 3 is 2.79 bits per heavy atom. The van der Waals surface area contributed by atoms with Crippen molar-refractivity contribution in [1.29, 1.82) is 0 Å². The van der Waals surface area contributed by atoms with Crippen molar-refractivity contribution < 1.29 is 9.18 Å². The van der Waals surface area contributed by atoms with Crippen molar-refractivity contribution in [3.8, 4) is 0 Å².